The molecule has 0 unspecified atom stereocenters. The number of benzene rings is 3. The number of nitrogens with one attached hydrogen (secondary N) is 1. The lowest BCUT2D eigenvalue weighted by Crippen LogP contribution is -2.43. The van der Waals surface area contributed by atoms with Gasteiger partial charge in [0.2, 0.25) is 5.91 Å². The van der Waals surface area contributed by atoms with Crippen molar-refractivity contribution in [1.82, 2.24) is 14.6 Å². The molecule has 0 bridgehead atoms. The summed E-state index contributed by atoms with van der Waals surface area (Å²) in [6.45, 7) is 0.214. The molecule has 39 heavy (non-hydrogen) atoms. The fourth-order valence-electron chi connectivity index (χ4n) is 3.99. The number of carbonyl (C=O) groups is 3. The summed E-state index contributed by atoms with van der Waals surface area (Å²) in [6.07, 6.45) is 0. The Morgan fingerprint density at radius 1 is 1.03 bits per heavy atom. The normalized spacial score (nSPS) is 11.4. The molecule has 0 saturated heterocycles. The first-order chi connectivity index (χ1) is 18.8. The largest absolute Gasteiger partial charge is 0.497 e. The van der Waals surface area contributed by atoms with E-state index >= 15 is 0 Å². The molecular weight excluding hydrogens is 538 g/mol. The Morgan fingerprint density at radius 3 is 2.31 bits per heavy atom. The van der Waals surface area contributed by atoms with Gasteiger partial charge in [-0.3, -0.25) is 14.4 Å². The highest BCUT2D eigenvalue weighted by atomic mass is 35.5. The fraction of sp³-hybridized carbons (Fsp3) is 0.143. The molecule has 1 aromatic heterocycles. The van der Waals surface area contributed by atoms with Crippen LogP contribution in [0.2, 0.25) is 5.02 Å². The summed E-state index contributed by atoms with van der Waals surface area (Å²) >= 11 is 7.20. The number of carbonyl (C=O) groups excluding carboxylic acids is 3. The van der Waals surface area contributed by atoms with Crippen LogP contribution in [0.3, 0.4) is 0 Å². The minimum atomic E-state index is -1.10. The molecule has 4 aromatic rings. The summed E-state index contributed by atoms with van der Waals surface area (Å²) in [5, 5.41) is 3.36. The molecule has 200 valence electrons. The van der Waals surface area contributed by atoms with E-state index in [2.05, 4.69) is 9.69 Å². The van der Waals surface area contributed by atoms with Crippen molar-refractivity contribution in [2.24, 2.45) is 5.73 Å². The predicted molar refractivity (Wildman–Crippen MR) is 150 cm³/mol. The highest BCUT2D eigenvalue weighted by Crippen LogP contribution is 2.32. The van der Waals surface area contributed by atoms with Crippen molar-refractivity contribution in [3.8, 4) is 5.75 Å². The molecule has 1 atom stereocenters. The van der Waals surface area contributed by atoms with Crippen LogP contribution in [0.5, 0.6) is 5.75 Å². The first-order valence-corrected chi connectivity index (χ1v) is 13.0. The number of nitrogens with two attached hydrogens (primary N) is 2. The Morgan fingerprint density at radius 2 is 1.69 bits per heavy atom. The average Bonchev–Trinajstić information content (AvgIpc) is 3.34. The lowest BCUT2D eigenvalue weighted by molar-refractivity contribution is -0.126. The van der Waals surface area contributed by atoms with Crippen LogP contribution in [-0.4, -0.2) is 34.1 Å². The number of ether oxygens (including phenoxy) is 1. The summed E-state index contributed by atoms with van der Waals surface area (Å²) < 4.78 is 9.25. The second-order valence-electron chi connectivity index (χ2n) is 8.54. The van der Waals surface area contributed by atoms with Gasteiger partial charge in [0.25, 0.3) is 11.8 Å². The van der Waals surface area contributed by atoms with E-state index in [1.54, 1.807) is 48.5 Å². The Balaban J connectivity index is 1.80. The van der Waals surface area contributed by atoms with E-state index < -0.39 is 23.8 Å². The van der Waals surface area contributed by atoms with Crippen LogP contribution in [0.1, 0.15) is 42.9 Å². The first kappa shape index (κ1) is 27.6. The number of hydrogen-bond donors (Lipinski definition) is 3. The SMILES string of the molecule is COc1ccc([C@@H](C(=O)NCc2ccccc2)N(Cc2ccccc2Cl)C(=O)c2snc(C(N)=O)c2N)cc1. The Kier molecular flexibility index (Phi) is 8.80. The number of nitrogen functional groups attached to an aromatic ring is 1. The van der Waals surface area contributed by atoms with Crippen LogP contribution in [0, 0.1) is 0 Å². The maximum absolute atomic E-state index is 14.1. The molecule has 0 aliphatic heterocycles. The maximum atomic E-state index is 14.1. The van der Waals surface area contributed by atoms with E-state index in [1.807, 2.05) is 30.3 Å². The average molecular weight is 564 g/mol. The molecule has 0 aliphatic rings. The van der Waals surface area contributed by atoms with Crippen LogP contribution in [0.25, 0.3) is 0 Å². The van der Waals surface area contributed by atoms with Gasteiger partial charge in [-0.2, -0.15) is 4.37 Å². The highest BCUT2D eigenvalue weighted by Gasteiger charge is 2.35. The summed E-state index contributed by atoms with van der Waals surface area (Å²) in [6, 6.07) is 22.2. The van der Waals surface area contributed by atoms with Crippen molar-refractivity contribution in [1.29, 1.82) is 0 Å². The van der Waals surface area contributed by atoms with Gasteiger partial charge < -0.3 is 26.4 Å². The number of methoxy groups -OCH3 is 1. The van der Waals surface area contributed by atoms with E-state index in [0.717, 1.165) is 17.1 Å². The number of hydrogen-bond acceptors (Lipinski definition) is 7. The third kappa shape index (κ3) is 6.36. The lowest BCUT2D eigenvalue weighted by atomic mass is 10.0. The molecular formula is C28H26ClN5O4S. The van der Waals surface area contributed by atoms with Crippen LogP contribution in [0.4, 0.5) is 5.69 Å². The molecule has 0 spiro atoms. The summed E-state index contributed by atoms with van der Waals surface area (Å²) in [7, 11) is 1.54. The van der Waals surface area contributed by atoms with Gasteiger partial charge in [-0.15, -0.1) is 0 Å². The predicted octanol–water partition coefficient (Wildman–Crippen LogP) is 4.19. The zero-order chi connectivity index (χ0) is 27.9. The standard InChI is InChI=1S/C28H26ClN5O4S/c1-38-20-13-11-18(12-14-20)24(27(36)32-15-17-7-3-2-4-8-17)34(16-19-9-5-6-10-21(19)29)28(37)25-22(30)23(26(31)35)33-39-25/h2-14,24H,15-16,30H2,1H3,(H2,31,35)(H,32,36)/t24-/m0/s1. The van der Waals surface area contributed by atoms with Gasteiger partial charge in [0.05, 0.1) is 12.8 Å². The van der Waals surface area contributed by atoms with Crippen LogP contribution < -0.4 is 21.5 Å². The summed E-state index contributed by atoms with van der Waals surface area (Å²) in [5.41, 5.74) is 13.2. The topological polar surface area (TPSA) is 141 Å². The number of primary amides is 1. The smallest absolute Gasteiger partial charge is 0.270 e. The monoisotopic (exact) mass is 563 g/mol. The molecule has 0 saturated carbocycles. The number of halogens is 1. The number of amides is 3. The highest BCUT2D eigenvalue weighted by molar-refractivity contribution is 7.09. The van der Waals surface area contributed by atoms with Crippen molar-refractivity contribution < 1.29 is 19.1 Å². The maximum Gasteiger partial charge on any atom is 0.270 e. The lowest BCUT2D eigenvalue weighted by Gasteiger charge is -2.31. The third-order valence-corrected chi connectivity index (χ3v) is 7.24. The summed E-state index contributed by atoms with van der Waals surface area (Å²) in [4.78, 5) is 41.0. The molecule has 9 nitrogen and oxygen atoms in total. The van der Waals surface area contributed by atoms with E-state index in [9.17, 15) is 14.4 Å². The van der Waals surface area contributed by atoms with Crippen LogP contribution in [0.15, 0.2) is 78.9 Å². The Hall–Kier alpha value is -4.41. The van der Waals surface area contributed by atoms with E-state index in [-0.39, 0.29) is 29.3 Å². The molecule has 5 N–H and O–H groups in total. The summed E-state index contributed by atoms with van der Waals surface area (Å²) in [5.74, 6) is -1.30. The van der Waals surface area contributed by atoms with Crippen molar-refractivity contribution in [3.05, 3.63) is 111 Å². The molecule has 3 amide bonds. The van der Waals surface area contributed by atoms with Crippen LogP contribution >= 0.6 is 23.1 Å². The number of aromatic nitrogens is 1. The quantitative estimate of drug-likeness (QED) is 0.264. The van der Waals surface area contributed by atoms with Gasteiger partial charge in [-0.25, -0.2) is 0 Å². The Labute approximate surface area is 234 Å². The van der Waals surface area contributed by atoms with Gasteiger partial charge in [0.1, 0.15) is 16.7 Å². The number of rotatable bonds is 10. The van der Waals surface area contributed by atoms with Gasteiger partial charge >= 0.3 is 0 Å². The fourth-order valence-corrected chi connectivity index (χ4v) is 4.95. The molecule has 3 aromatic carbocycles. The number of nitrogens with zero attached hydrogens (tertiary/aromatic N) is 2. The third-order valence-electron chi connectivity index (χ3n) is 6.02. The Bertz CT molecular complexity index is 1480. The molecule has 11 heteroatoms. The van der Waals surface area contributed by atoms with Crippen molar-refractivity contribution in [2.75, 3.05) is 12.8 Å². The van der Waals surface area contributed by atoms with Crippen molar-refractivity contribution in [3.63, 3.8) is 0 Å². The van der Waals surface area contributed by atoms with Gasteiger partial charge in [0.15, 0.2) is 5.69 Å². The second kappa shape index (κ2) is 12.4. The van der Waals surface area contributed by atoms with Gasteiger partial charge in [-0.1, -0.05) is 72.3 Å². The van der Waals surface area contributed by atoms with Gasteiger partial charge in [0, 0.05) is 18.1 Å². The number of anilines is 1. The second-order valence-corrected chi connectivity index (χ2v) is 9.72. The van der Waals surface area contributed by atoms with Crippen LogP contribution in [-0.2, 0) is 17.9 Å². The van der Waals surface area contributed by atoms with E-state index in [1.165, 1.54) is 12.0 Å². The minimum absolute atomic E-state index is 0.00905. The molecule has 4 rings (SSSR count). The molecule has 1 heterocycles. The van der Waals surface area contributed by atoms with E-state index in [4.69, 9.17) is 27.8 Å². The first-order valence-electron chi connectivity index (χ1n) is 11.8. The minimum Gasteiger partial charge on any atom is -0.497 e. The zero-order valence-corrected chi connectivity index (χ0v) is 22.5. The van der Waals surface area contributed by atoms with Crippen molar-refractivity contribution in [2.45, 2.75) is 19.1 Å². The van der Waals surface area contributed by atoms with Gasteiger partial charge in [-0.05, 0) is 46.4 Å². The zero-order valence-electron chi connectivity index (χ0n) is 21.0. The molecule has 0 aliphatic carbocycles. The molecule has 0 radical (unpaired) electrons. The van der Waals surface area contributed by atoms with E-state index in [0.29, 0.717) is 21.9 Å². The molecule has 0 fully saturated rings. The van der Waals surface area contributed by atoms with Crippen molar-refractivity contribution >= 4 is 46.5 Å².